The maximum atomic E-state index is 11.9. The number of nitrogens with zero attached hydrogens (tertiary/aromatic N) is 2. The van der Waals surface area contributed by atoms with Crippen LogP contribution in [0.15, 0.2) is 0 Å². The van der Waals surface area contributed by atoms with Crippen molar-refractivity contribution in [2.45, 2.75) is 12.5 Å². The normalized spacial score (nSPS) is 18.8. The van der Waals surface area contributed by atoms with Gasteiger partial charge in [0.25, 0.3) is 0 Å². The maximum absolute atomic E-state index is 11.9. The Morgan fingerprint density at radius 2 is 2.25 bits per heavy atom. The molecule has 1 fully saturated rings. The lowest BCUT2D eigenvalue weighted by molar-refractivity contribution is -0.144. The Hall–Kier alpha value is -0.750. The molecule has 2 N–H and O–H groups in total. The summed E-state index contributed by atoms with van der Waals surface area (Å²) in [5.74, 6) is 0.751. The van der Waals surface area contributed by atoms with Crippen LogP contribution in [0.2, 0.25) is 0 Å². The fraction of sp³-hybridized carbons (Fsp3) is 0.800. The molecule has 16 heavy (non-hydrogen) atoms. The largest absolute Gasteiger partial charge is 0.342 e. The molecule has 6 heteroatoms. The van der Waals surface area contributed by atoms with Crippen LogP contribution in [0, 0.1) is 0 Å². The number of carbonyl (C=O) groups excluding carboxylic acids is 2. The summed E-state index contributed by atoms with van der Waals surface area (Å²) in [5.41, 5.74) is 5.78. The van der Waals surface area contributed by atoms with E-state index in [4.69, 9.17) is 5.73 Å². The smallest absolute Gasteiger partial charge is 0.241 e. The van der Waals surface area contributed by atoms with E-state index in [1.807, 2.05) is 6.26 Å². The summed E-state index contributed by atoms with van der Waals surface area (Å²) in [4.78, 5) is 26.5. The van der Waals surface area contributed by atoms with Crippen LogP contribution in [0.1, 0.15) is 6.42 Å². The molecule has 0 aliphatic carbocycles. The first-order chi connectivity index (χ1) is 7.56. The van der Waals surface area contributed by atoms with E-state index in [0.717, 1.165) is 5.75 Å². The van der Waals surface area contributed by atoms with Crippen LogP contribution < -0.4 is 5.73 Å². The van der Waals surface area contributed by atoms with Gasteiger partial charge in [-0.05, 0) is 18.4 Å². The molecule has 92 valence electrons. The number of piperazine rings is 1. The molecule has 1 saturated heterocycles. The van der Waals surface area contributed by atoms with Gasteiger partial charge in [-0.15, -0.1) is 0 Å². The highest BCUT2D eigenvalue weighted by Crippen LogP contribution is 2.06. The monoisotopic (exact) mass is 245 g/mol. The SMILES string of the molecule is CSCC[C@H](N)C(=O)N1CCN(C)C(=O)C1. The van der Waals surface area contributed by atoms with Gasteiger partial charge in [-0.2, -0.15) is 11.8 Å². The summed E-state index contributed by atoms with van der Waals surface area (Å²) < 4.78 is 0. The van der Waals surface area contributed by atoms with E-state index in [9.17, 15) is 9.59 Å². The van der Waals surface area contributed by atoms with Crippen LogP contribution in [-0.4, -0.2) is 66.3 Å². The van der Waals surface area contributed by atoms with Gasteiger partial charge in [-0.25, -0.2) is 0 Å². The molecular formula is C10H19N3O2S. The second-order valence-corrected chi connectivity index (χ2v) is 4.95. The highest BCUT2D eigenvalue weighted by molar-refractivity contribution is 7.98. The molecule has 1 heterocycles. The third-order valence-electron chi connectivity index (χ3n) is 2.72. The van der Waals surface area contributed by atoms with E-state index in [-0.39, 0.29) is 18.4 Å². The van der Waals surface area contributed by atoms with E-state index in [0.29, 0.717) is 19.5 Å². The van der Waals surface area contributed by atoms with Gasteiger partial charge in [-0.1, -0.05) is 0 Å². The minimum Gasteiger partial charge on any atom is -0.342 e. The number of rotatable bonds is 4. The first-order valence-corrected chi connectivity index (χ1v) is 6.73. The van der Waals surface area contributed by atoms with E-state index < -0.39 is 6.04 Å². The van der Waals surface area contributed by atoms with Crippen LogP contribution in [0.4, 0.5) is 0 Å². The predicted octanol–water partition coefficient (Wildman–Crippen LogP) is -0.633. The minimum atomic E-state index is -0.469. The summed E-state index contributed by atoms with van der Waals surface area (Å²) >= 11 is 1.67. The minimum absolute atomic E-state index is 0.0170. The lowest BCUT2D eigenvalue weighted by Gasteiger charge is -2.33. The standard InChI is InChI=1S/C10H19N3O2S/c1-12-4-5-13(7-9(12)14)10(15)8(11)3-6-16-2/h8H,3-7,11H2,1-2H3/t8-/m0/s1. The zero-order chi connectivity index (χ0) is 12.1. The Morgan fingerprint density at radius 1 is 1.56 bits per heavy atom. The molecule has 2 amide bonds. The summed E-state index contributed by atoms with van der Waals surface area (Å²) in [6.07, 6.45) is 2.65. The molecule has 0 radical (unpaired) electrons. The molecule has 0 bridgehead atoms. The third kappa shape index (κ3) is 3.38. The van der Waals surface area contributed by atoms with Crippen molar-refractivity contribution in [1.29, 1.82) is 0 Å². The van der Waals surface area contributed by atoms with Crippen molar-refractivity contribution in [3.05, 3.63) is 0 Å². The van der Waals surface area contributed by atoms with Crippen LogP contribution in [-0.2, 0) is 9.59 Å². The van der Waals surface area contributed by atoms with Crippen LogP contribution in [0.3, 0.4) is 0 Å². The molecule has 0 aromatic heterocycles. The first kappa shape index (κ1) is 13.3. The van der Waals surface area contributed by atoms with Crippen molar-refractivity contribution in [3.8, 4) is 0 Å². The van der Waals surface area contributed by atoms with Gasteiger partial charge >= 0.3 is 0 Å². The van der Waals surface area contributed by atoms with Gasteiger partial charge in [0.05, 0.1) is 12.6 Å². The summed E-state index contributed by atoms with van der Waals surface area (Å²) in [5, 5.41) is 0. The summed E-state index contributed by atoms with van der Waals surface area (Å²) in [6.45, 7) is 1.36. The average Bonchev–Trinajstić information content (AvgIpc) is 2.28. The zero-order valence-electron chi connectivity index (χ0n) is 9.81. The number of amides is 2. The topological polar surface area (TPSA) is 66.6 Å². The molecule has 0 aromatic rings. The van der Waals surface area contributed by atoms with Gasteiger partial charge in [-0.3, -0.25) is 9.59 Å². The van der Waals surface area contributed by atoms with Crippen molar-refractivity contribution in [2.24, 2.45) is 5.73 Å². The third-order valence-corrected chi connectivity index (χ3v) is 3.36. The average molecular weight is 245 g/mol. The lowest BCUT2D eigenvalue weighted by atomic mass is 10.2. The lowest BCUT2D eigenvalue weighted by Crippen LogP contribution is -2.54. The molecule has 0 unspecified atom stereocenters. The Balaban J connectivity index is 2.45. The summed E-state index contributed by atoms with van der Waals surface area (Å²) in [6, 6.07) is -0.469. The Kier molecular flexibility index (Phi) is 5.08. The fourth-order valence-electron chi connectivity index (χ4n) is 1.55. The number of nitrogens with two attached hydrogens (primary N) is 1. The zero-order valence-corrected chi connectivity index (χ0v) is 10.6. The first-order valence-electron chi connectivity index (χ1n) is 5.33. The van der Waals surface area contributed by atoms with Crippen molar-refractivity contribution >= 4 is 23.6 Å². The van der Waals surface area contributed by atoms with Crippen molar-refractivity contribution in [2.75, 3.05) is 38.7 Å². The van der Waals surface area contributed by atoms with Gasteiger partial charge < -0.3 is 15.5 Å². The van der Waals surface area contributed by atoms with E-state index in [2.05, 4.69) is 0 Å². The van der Waals surface area contributed by atoms with Gasteiger partial charge in [0, 0.05) is 20.1 Å². The number of carbonyl (C=O) groups is 2. The van der Waals surface area contributed by atoms with Crippen molar-refractivity contribution in [1.82, 2.24) is 9.80 Å². The van der Waals surface area contributed by atoms with Crippen LogP contribution >= 0.6 is 11.8 Å². The molecule has 1 rings (SSSR count). The van der Waals surface area contributed by atoms with E-state index >= 15 is 0 Å². The molecular weight excluding hydrogens is 226 g/mol. The Morgan fingerprint density at radius 3 is 2.81 bits per heavy atom. The Labute approximate surface area is 100 Å². The second kappa shape index (κ2) is 6.10. The number of likely N-dealkylation sites (N-methyl/N-ethyl adjacent to an activating group) is 1. The van der Waals surface area contributed by atoms with E-state index in [1.165, 1.54) is 0 Å². The molecule has 0 spiro atoms. The quantitative estimate of drug-likeness (QED) is 0.716. The predicted molar refractivity (Wildman–Crippen MR) is 65.2 cm³/mol. The van der Waals surface area contributed by atoms with Gasteiger partial charge in [0.1, 0.15) is 0 Å². The molecule has 0 aromatic carbocycles. The molecule has 5 nitrogen and oxygen atoms in total. The fourth-order valence-corrected chi connectivity index (χ4v) is 2.04. The summed E-state index contributed by atoms with van der Waals surface area (Å²) in [7, 11) is 1.75. The van der Waals surface area contributed by atoms with Crippen molar-refractivity contribution < 1.29 is 9.59 Å². The molecule has 1 aliphatic rings. The molecule has 1 aliphatic heterocycles. The van der Waals surface area contributed by atoms with Crippen LogP contribution in [0.25, 0.3) is 0 Å². The number of thioether (sulfide) groups is 1. The highest BCUT2D eigenvalue weighted by Gasteiger charge is 2.27. The van der Waals surface area contributed by atoms with Gasteiger partial charge in [0.15, 0.2) is 0 Å². The number of hydrogen-bond donors (Lipinski definition) is 1. The van der Waals surface area contributed by atoms with Gasteiger partial charge in [0.2, 0.25) is 11.8 Å². The number of hydrogen-bond acceptors (Lipinski definition) is 4. The molecule has 1 atom stereocenters. The molecule has 0 saturated carbocycles. The van der Waals surface area contributed by atoms with E-state index in [1.54, 1.807) is 28.6 Å². The Bertz CT molecular complexity index is 273. The highest BCUT2D eigenvalue weighted by atomic mass is 32.2. The van der Waals surface area contributed by atoms with Crippen molar-refractivity contribution in [3.63, 3.8) is 0 Å². The van der Waals surface area contributed by atoms with Crippen LogP contribution in [0.5, 0.6) is 0 Å². The maximum Gasteiger partial charge on any atom is 0.241 e. The second-order valence-electron chi connectivity index (χ2n) is 3.96.